The number of hydrogen-bond donors (Lipinski definition) is 1. The number of allylic oxidation sites excluding steroid dienone is 7. The monoisotopic (exact) mass is 216 g/mol. The van der Waals surface area contributed by atoms with Gasteiger partial charge in [0.15, 0.2) is 0 Å². The molecule has 16 heavy (non-hydrogen) atoms. The first-order valence-corrected chi connectivity index (χ1v) is 5.76. The minimum absolute atomic E-state index is 0.264. The van der Waals surface area contributed by atoms with Crippen molar-refractivity contribution in [2.45, 2.75) is 26.2 Å². The Morgan fingerprint density at radius 2 is 2.06 bits per heavy atom. The smallest absolute Gasteiger partial charge is 0.115 e. The van der Waals surface area contributed by atoms with Gasteiger partial charge in [-0.25, -0.2) is 0 Å². The van der Waals surface area contributed by atoms with Crippen molar-refractivity contribution in [3.8, 4) is 0 Å². The molecular formula is C15H20O. The Hall–Kier alpha value is -1.50. The van der Waals surface area contributed by atoms with E-state index in [4.69, 9.17) is 0 Å². The molecule has 1 nitrogen and oxygen atoms in total. The van der Waals surface area contributed by atoms with Crippen molar-refractivity contribution in [2.75, 3.05) is 0 Å². The molecule has 0 amide bonds. The van der Waals surface area contributed by atoms with Crippen molar-refractivity contribution < 1.29 is 5.11 Å². The fraction of sp³-hybridized carbons (Fsp3) is 0.333. The normalized spacial score (nSPS) is 22.6. The molecule has 1 unspecified atom stereocenters. The highest BCUT2D eigenvalue weighted by Gasteiger charge is 2.21. The fourth-order valence-electron chi connectivity index (χ4n) is 2.07. The van der Waals surface area contributed by atoms with Crippen molar-refractivity contribution in [1.82, 2.24) is 0 Å². The highest BCUT2D eigenvalue weighted by Crippen LogP contribution is 2.34. The zero-order valence-corrected chi connectivity index (χ0v) is 9.95. The van der Waals surface area contributed by atoms with Crippen LogP contribution in [0.1, 0.15) is 26.2 Å². The Morgan fingerprint density at radius 1 is 1.31 bits per heavy atom. The molecule has 0 saturated heterocycles. The Kier molecular flexibility index (Phi) is 4.84. The topological polar surface area (TPSA) is 20.2 Å². The summed E-state index contributed by atoms with van der Waals surface area (Å²) in [5, 5.41) is 9.87. The molecule has 0 fully saturated rings. The minimum Gasteiger partial charge on any atom is -0.508 e. The molecule has 0 bridgehead atoms. The molecule has 0 radical (unpaired) electrons. The van der Waals surface area contributed by atoms with Crippen molar-refractivity contribution in [3.05, 3.63) is 60.4 Å². The summed E-state index contributed by atoms with van der Waals surface area (Å²) in [6.07, 6.45) is 12.3. The molecule has 1 N–H and O–H groups in total. The summed E-state index contributed by atoms with van der Waals surface area (Å²) < 4.78 is 0. The van der Waals surface area contributed by atoms with E-state index in [1.54, 1.807) is 6.08 Å². The van der Waals surface area contributed by atoms with E-state index >= 15 is 0 Å². The number of hydrogen-bond acceptors (Lipinski definition) is 1. The Labute approximate surface area is 98.2 Å². The third kappa shape index (κ3) is 2.75. The minimum atomic E-state index is 0.264. The van der Waals surface area contributed by atoms with Gasteiger partial charge in [0.1, 0.15) is 5.76 Å². The molecule has 1 aliphatic rings. The van der Waals surface area contributed by atoms with Gasteiger partial charge < -0.3 is 5.11 Å². The molecule has 0 spiro atoms. The van der Waals surface area contributed by atoms with Crippen molar-refractivity contribution >= 4 is 0 Å². The van der Waals surface area contributed by atoms with Crippen LogP contribution in [0.15, 0.2) is 60.4 Å². The largest absolute Gasteiger partial charge is 0.508 e. The van der Waals surface area contributed by atoms with Gasteiger partial charge in [-0.05, 0) is 36.5 Å². The van der Waals surface area contributed by atoms with E-state index in [-0.39, 0.29) is 5.92 Å². The van der Waals surface area contributed by atoms with Crippen LogP contribution in [0.2, 0.25) is 0 Å². The second-order valence-corrected chi connectivity index (χ2v) is 3.93. The molecule has 0 aromatic rings. The average molecular weight is 216 g/mol. The van der Waals surface area contributed by atoms with Gasteiger partial charge in [-0.1, -0.05) is 31.2 Å². The first kappa shape index (κ1) is 12.6. The maximum absolute atomic E-state index is 9.87. The van der Waals surface area contributed by atoms with Gasteiger partial charge in [0, 0.05) is 5.92 Å². The maximum atomic E-state index is 9.87. The van der Waals surface area contributed by atoms with Crippen molar-refractivity contribution in [1.29, 1.82) is 0 Å². The summed E-state index contributed by atoms with van der Waals surface area (Å²) in [6.45, 7) is 9.65. The molecule has 86 valence electrons. The van der Waals surface area contributed by atoms with Crippen molar-refractivity contribution in [3.63, 3.8) is 0 Å². The number of aliphatic hydroxyl groups is 1. The number of rotatable bonds is 5. The highest BCUT2D eigenvalue weighted by atomic mass is 16.3. The van der Waals surface area contributed by atoms with Gasteiger partial charge in [-0.15, -0.1) is 13.2 Å². The lowest BCUT2D eigenvalue weighted by Gasteiger charge is -2.24. The van der Waals surface area contributed by atoms with Crippen LogP contribution in [0.3, 0.4) is 0 Å². The van der Waals surface area contributed by atoms with Gasteiger partial charge in [-0.3, -0.25) is 0 Å². The van der Waals surface area contributed by atoms with Crippen LogP contribution in [0, 0.1) is 5.92 Å². The lowest BCUT2D eigenvalue weighted by Crippen LogP contribution is -2.11. The highest BCUT2D eigenvalue weighted by molar-refractivity contribution is 5.41. The lowest BCUT2D eigenvalue weighted by atomic mass is 9.81. The Balaban J connectivity index is 3.06. The van der Waals surface area contributed by atoms with Crippen LogP contribution in [-0.4, -0.2) is 5.11 Å². The fourth-order valence-corrected chi connectivity index (χ4v) is 2.07. The summed E-state index contributed by atoms with van der Waals surface area (Å²) in [5.74, 6) is 0.653. The quantitative estimate of drug-likeness (QED) is 0.672. The molecule has 0 aromatic heterocycles. The van der Waals surface area contributed by atoms with Crippen LogP contribution in [0.25, 0.3) is 0 Å². The first-order valence-electron chi connectivity index (χ1n) is 5.76. The summed E-state index contributed by atoms with van der Waals surface area (Å²) in [7, 11) is 0. The SMILES string of the molecule is C=CCC1=C(O)C=CC(=CCC)C1CC=C. The number of aliphatic hydroxyl groups excluding tert-OH is 1. The molecule has 1 rings (SSSR count). The summed E-state index contributed by atoms with van der Waals surface area (Å²) in [5.41, 5.74) is 2.33. The van der Waals surface area contributed by atoms with Gasteiger partial charge in [0.05, 0.1) is 0 Å². The summed E-state index contributed by atoms with van der Waals surface area (Å²) in [4.78, 5) is 0. The third-order valence-corrected chi connectivity index (χ3v) is 2.79. The van der Waals surface area contributed by atoms with Gasteiger partial charge in [0.2, 0.25) is 0 Å². The molecule has 0 saturated carbocycles. The van der Waals surface area contributed by atoms with Crippen LogP contribution in [0.5, 0.6) is 0 Å². The maximum Gasteiger partial charge on any atom is 0.115 e. The molecular weight excluding hydrogens is 196 g/mol. The van der Waals surface area contributed by atoms with Gasteiger partial charge >= 0.3 is 0 Å². The molecule has 1 atom stereocenters. The van der Waals surface area contributed by atoms with Crippen LogP contribution < -0.4 is 0 Å². The van der Waals surface area contributed by atoms with E-state index in [2.05, 4.69) is 26.2 Å². The Bertz CT molecular complexity index is 356. The van der Waals surface area contributed by atoms with Crippen molar-refractivity contribution in [2.24, 2.45) is 5.92 Å². The second-order valence-electron chi connectivity index (χ2n) is 3.93. The third-order valence-electron chi connectivity index (χ3n) is 2.79. The van der Waals surface area contributed by atoms with E-state index in [0.717, 1.165) is 24.8 Å². The average Bonchev–Trinajstić information content (AvgIpc) is 2.27. The van der Waals surface area contributed by atoms with E-state index in [9.17, 15) is 5.11 Å². The molecule has 0 heterocycles. The second kappa shape index (κ2) is 6.16. The molecule has 0 aliphatic heterocycles. The van der Waals surface area contributed by atoms with Crippen LogP contribution >= 0.6 is 0 Å². The Morgan fingerprint density at radius 3 is 2.62 bits per heavy atom. The van der Waals surface area contributed by atoms with Gasteiger partial charge in [-0.2, -0.15) is 0 Å². The molecule has 0 aromatic carbocycles. The van der Waals surface area contributed by atoms with E-state index in [0.29, 0.717) is 5.76 Å². The van der Waals surface area contributed by atoms with E-state index in [1.165, 1.54) is 5.57 Å². The van der Waals surface area contributed by atoms with Gasteiger partial charge in [0.25, 0.3) is 0 Å². The summed E-state index contributed by atoms with van der Waals surface area (Å²) >= 11 is 0. The van der Waals surface area contributed by atoms with E-state index in [1.807, 2.05) is 18.2 Å². The van der Waals surface area contributed by atoms with Crippen LogP contribution in [0.4, 0.5) is 0 Å². The predicted molar refractivity (Wildman–Crippen MR) is 70.3 cm³/mol. The predicted octanol–water partition coefficient (Wildman–Crippen LogP) is 4.47. The lowest BCUT2D eigenvalue weighted by molar-refractivity contribution is 0.411. The zero-order valence-electron chi connectivity index (χ0n) is 9.95. The molecule has 1 heteroatoms. The van der Waals surface area contributed by atoms with E-state index < -0.39 is 0 Å². The zero-order chi connectivity index (χ0) is 12.0. The summed E-state index contributed by atoms with van der Waals surface area (Å²) in [6, 6.07) is 0. The molecule has 1 aliphatic carbocycles. The van der Waals surface area contributed by atoms with Crippen LogP contribution in [-0.2, 0) is 0 Å². The first-order chi connectivity index (χ1) is 7.74. The standard InChI is InChI=1S/C15H20O/c1-4-7-12-10-11-15(16)14(9-6-3)13(12)8-5-2/h5-7,10-11,13,16H,2-4,8-9H2,1H3.